The van der Waals surface area contributed by atoms with Gasteiger partial charge in [0.25, 0.3) is 0 Å². The predicted octanol–water partition coefficient (Wildman–Crippen LogP) is 3.58. The third kappa shape index (κ3) is 2.95. The zero-order valence-electron chi connectivity index (χ0n) is 11.8. The number of benzene rings is 1. The van der Waals surface area contributed by atoms with Crippen LogP contribution in [0.2, 0.25) is 0 Å². The molecular formula is C17H22N2. The summed E-state index contributed by atoms with van der Waals surface area (Å²) in [6.45, 7) is 6.81. The second-order valence-corrected chi connectivity index (χ2v) is 6.11. The molecular weight excluding hydrogens is 232 g/mol. The van der Waals surface area contributed by atoms with E-state index in [1.54, 1.807) is 0 Å². The lowest BCUT2D eigenvalue weighted by molar-refractivity contribution is 0.533. The van der Waals surface area contributed by atoms with Gasteiger partial charge in [0.15, 0.2) is 0 Å². The van der Waals surface area contributed by atoms with E-state index in [-0.39, 0.29) is 0 Å². The van der Waals surface area contributed by atoms with Crippen LogP contribution in [0.4, 0.5) is 0 Å². The van der Waals surface area contributed by atoms with Gasteiger partial charge >= 0.3 is 0 Å². The molecule has 0 aliphatic heterocycles. The summed E-state index contributed by atoms with van der Waals surface area (Å²) in [5.41, 5.74) is 2.58. The topological polar surface area (TPSA) is 24.9 Å². The summed E-state index contributed by atoms with van der Waals surface area (Å²) in [4.78, 5) is 4.38. The second-order valence-electron chi connectivity index (χ2n) is 6.11. The van der Waals surface area contributed by atoms with Gasteiger partial charge in [0.1, 0.15) is 0 Å². The maximum atomic E-state index is 4.38. The van der Waals surface area contributed by atoms with Crippen molar-refractivity contribution in [2.24, 2.45) is 11.8 Å². The van der Waals surface area contributed by atoms with E-state index < -0.39 is 0 Å². The van der Waals surface area contributed by atoms with Crippen molar-refractivity contribution in [2.45, 2.75) is 26.2 Å². The Labute approximate surface area is 115 Å². The Bertz CT molecular complexity index is 562. The van der Waals surface area contributed by atoms with Gasteiger partial charge in [-0.25, -0.2) is 0 Å². The van der Waals surface area contributed by atoms with Gasteiger partial charge in [0.05, 0.1) is 5.52 Å². The highest BCUT2D eigenvalue weighted by Gasteiger charge is 2.37. The van der Waals surface area contributed by atoms with Gasteiger partial charge in [-0.05, 0) is 61.0 Å². The molecule has 2 aromatic rings. The summed E-state index contributed by atoms with van der Waals surface area (Å²) in [7, 11) is 0. The number of hydrogen-bond acceptors (Lipinski definition) is 2. The van der Waals surface area contributed by atoms with Crippen LogP contribution in [-0.4, -0.2) is 18.1 Å². The molecule has 1 aliphatic carbocycles. The summed E-state index contributed by atoms with van der Waals surface area (Å²) < 4.78 is 0. The average molecular weight is 254 g/mol. The Kier molecular flexibility index (Phi) is 3.52. The van der Waals surface area contributed by atoms with Gasteiger partial charge in [-0.15, -0.1) is 0 Å². The molecule has 1 aromatic carbocycles. The van der Waals surface area contributed by atoms with Crippen molar-refractivity contribution < 1.29 is 0 Å². The quantitative estimate of drug-likeness (QED) is 0.882. The lowest BCUT2D eigenvalue weighted by Gasteiger charge is -2.07. The third-order valence-corrected chi connectivity index (χ3v) is 3.94. The van der Waals surface area contributed by atoms with Crippen molar-refractivity contribution in [3.8, 4) is 0 Å². The molecule has 3 rings (SSSR count). The first-order chi connectivity index (χ1) is 9.24. The van der Waals surface area contributed by atoms with Crippen LogP contribution in [0, 0.1) is 11.8 Å². The van der Waals surface area contributed by atoms with Gasteiger partial charge in [-0.3, -0.25) is 4.98 Å². The minimum Gasteiger partial charge on any atom is -0.316 e. The first-order valence-corrected chi connectivity index (χ1v) is 7.29. The van der Waals surface area contributed by atoms with Crippen LogP contribution >= 0.6 is 0 Å². The van der Waals surface area contributed by atoms with E-state index in [4.69, 9.17) is 0 Å². The second kappa shape index (κ2) is 5.30. The molecule has 1 fully saturated rings. The van der Waals surface area contributed by atoms with Gasteiger partial charge in [0, 0.05) is 11.6 Å². The maximum absolute atomic E-state index is 4.38. The van der Waals surface area contributed by atoms with Gasteiger partial charge in [0.2, 0.25) is 0 Å². The Morgan fingerprint density at radius 1 is 1.32 bits per heavy atom. The predicted molar refractivity (Wildman–Crippen MR) is 80.3 cm³/mol. The third-order valence-electron chi connectivity index (χ3n) is 3.94. The lowest BCUT2D eigenvalue weighted by Crippen LogP contribution is -2.22. The van der Waals surface area contributed by atoms with E-state index in [1.165, 1.54) is 17.4 Å². The molecule has 1 saturated carbocycles. The Morgan fingerprint density at radius 3 is 3.05 bits per heavy atom. The Hall–Kier alpha value is -1.41. The van der Waals surface area contributed by atoms with Gasteiger partial charge in [-0.1, -0.05) is 26.0 Å². The molecule has 0 spiro atoms. The van der Waals surface area contributed by atoms with Crippen LogP contribution in [-0.2, 0) is 0 Å². The summed E-state index contributed by atoms with van der Waals surface area (Å²) >= 11 is 0. The maximum Gasteiger partial charge on any atom is 0.0702 e. The highest BCUT2D eigenvalue weighted by Crippen LogP contribution is 2.47. The van der Waals surface area contributed by atoms with E-state index in [9.17, 15) is 0 Å². The molecule has 2 nitrogen and oxygen atoms in total. The van der Waals surface area contributed by atoms with Crippen LogP contribution < -0.4 is 5.32 Å². The molecule has 1 aromatic heterocycles. The Balaban J connectivity index is 1.63. The van der Waals surface area contributed by atoms with E-state index in [1.807, 2.05) is 12.3 Å². The van der Waals surface area contributed by atoms with Crippen LogP contribution in [0.3, 0.4) is 0 Å². The fourth-order valence-electron chi connectivity index (χ4n) is 2.76. The SMILES string of the molecule is CC(C)CNCC1CC1c1ccc2ncccc2c1. The van der Waals surface area contributed by atoms with Crippen molar-refractivity contribution in [1.82, 2.24) is 10.3 Å². The van der Waals surface area contributed by atoms with Crippen molar-refractivity contribution in [2.75, 3.05) is 13.1 Å². The molecule has 0 saturated heterocycles. The highest BCUT2D eigenvalue weighted by molar-refractivity contribution is 5.79. The number of pyridine rings is 1. The standard InChI is InChI=1S/C17H22N2/c1-12(2)10-18-11-15-9-16(15)13-5-6-17-14(8-13)4-3-7-19-17/h3-8,12,15-16,18H,9-11H2,1-2H3. The number of aromatic nitrogens is 1. The summed E-state index contributed by atoms with van der Waals surface area (Å²) in [6, 6.07) is 10.9. The monoisotopic (exact) mass is 254 g/mol. The fraction of sp³-hybridized carbons (Fsp3) is 0.471. The van der Waals surface area contributed by atoms with Crippen molar-refractivity contribution in [1.29, 1.82) is 0 Å². The van der Waals surface area contributed by atoms with E-state index in [2.05, 4.69) is 48.4 Å². The minimum absolute atomic E-state index is 0.740. The highest BCUT2D eigenvalue weighted by atomic mass is 14.9. The molecule has 100 valence electrons. The Morgan fingerprint density at radius 2 is 2.21 bits per heavy atom. The molecule has 2 atom stereocenters. The normalized spacial score (nSPS) is 22.1. The number of nitrogens with zero attached hydrogens (tertiary/aromatic N) is 1. The number of rotatable bonds is 5. The van der Waals surface area contributed by atoms with E-state index in [0.717, 1.165) is 36.4 Å². The summed E-state index contributed by atoms with van der Waals surface area (Å²) in [6.07, 6.45) is 3.19. The van der Waals surface area contributed by atoms with Crippen LogP contribution in [0.15, 0.2) is 36.5 Å². The number of nitrogens with one attached hydrogen (secondary N) is 1. The van der Waals surface area contributed by atoms with E-state index in [0.29, 0.717) is 0 Å². The van der Waals surface area contributed by atoms with Crippen molar-refractivity contribution in [3.05, 3.63) is 42.1 Å². The fourth-order valence-corrected chi connectivity index (χ4v) is 2.76. The molecule has 2 heteroatoms. The molecule has 1 heterocycles. The van der Waals surface area contributed by atoms with E-state index >= 15 is 0 Å². The molecule has 1 N–H and O–H groups in total. The number of hydrogen-bond donors (Lipinski definition) is 1. The molecule has 19 heavy (non-hydrogen) atoms. The van der Waals surface area contributed by atoms with Gasteiger partial charge in [-0.2, -0.15) is 0 Å². The van der Waals surface area contributed by atoms with Crippen LogP contribution in [0.1, 0.15) is 31.7 Å². The minimum atomic E-state index is 0.740. The molecule has 1 aliphatic rings. The number of fused-ring (bicyclic) bond motifs is 1. The lowest BCUT2D eigenvalue weighted by atomic mass is 10.1. The summed E-state index contributed by atoms with van der Waals surface area (Å²) in [5.74, 6) is 2.32. The zero-order valence-corrected chi connectivity index (χ0v) is 11.8. The first kappa shape index (κ1) is 12.6. The molecule has 2 unspecified atom stereocenters. The van der Waals surface area contributed by atoms with Crippen LogP contribution in [0.25, 0.3) is 10.9 Å². The largest absolute Gasteiger partial charge is 0.316 e. The molecule has 0 bridgehead atoms. The molecule has 0 amide bonds. The van der Waals surface area contributed by atoms with Crippen LogP contribution in [0.5, 0.6) is 0 Å². The van der Waals surface area contributed by atoms with Gasteiger partial charge < -0.3 is 5.32 Å². The van der Waals surface area contributed by atoms with Crippen molar-refractivity contribution in [3.63, 3.8) is 0 Å². The first-order valence-electron chi connectivity index (χ1n) is 7.29. The summed E-state index contributed by atoms with van der Waals surface area (Å²) in [5, 5.41) is 4.84. The smallest absolute Gasteiger partial charge is 0.0702 e. The van der Waals surface area contributed by atoms with Crippen molar-refractivity contribution >= 4 is 10.9 Å². The zero-order chi connectivity index (χ0) is 13.2. The molecule has 0 radical (unpaired) electrons. The average Bonchev–Trinajstić information content (AvgIpc) is 3.17.